The number of aromatic nitrogens is 2. The molecule has 0 bridgehead atoms. The fraction of sp³-hybridized carbons (Fsp3) is 0.100. The van der Waals surface area contributed by atoms with Crippen molar-refractivity contribution in [3.63, 3.8) is 0 Å². The largest absolute Gasteiger partial charge is 0.438 e. The van der Waals surface area contributed by atoms with Crippen molar-refractivity contribution in [3.8, 4) is 11.6 Å². The van der Waals surface area contributed by atoms with Crippen molar-refractivity contribution in [2.45, 2.75) is 11.8 Å². The summed E-state index contributed by atoms with van der Waals surface area (Å²) in [5.74, 6) is 0.953. The predicted octanol–water partition coefficient (Wildman–Crippen LogP) is 4.70. The van der Waals surface area contributed by atoms with Gasteiger partial charge in [-0.2, -0.15) is 0 Å². The van der Waals surface area contributed by atoms with E-state index >= 15 is 0 Å². The van der Waals surface area contributed by atoms with Crippen LogP contribution in [-0.2, 0) is 10.0 Å². The van der Waals surface area contributed by atoms with Crippen LogP contribution in [0.2, 0.25) is 0 Å². The van der Waals surface area contributed by atoms with Crippen molar-refractivity contribution in [1.82, 2.24) is 9.97 Å². The number of sulfonamides is 1. The number of thiophene rings is 1. The van der Waals surface area contributed by atoms with Gasteiger partial charge in [-0.15, -0.1) is 11.3 Å². The molecule has 0 atom stereocenters. The van der Waals surface area contributed by atoms with E-state index < -0.39 is 10.0 Å². The molecule has 8 heteroatoms. The number of fused-ring (bicyclic) bond motifs is 1. The molecule has 0 fully saturated rings. The summed E-state index contributed by atoms with van der Waals surface area (Å²) in [5, 5.41) is 2.75. The van der Waals surface area contributed by atoms with Gasteiger partial charge in [0.1, 0.15) is 16.9 Å². The zero-order chi connectivity index (χ0) is 19.6. The highest BCUT2D eigenvalue weighted by Gasteiger charge is 2.23. The van der Waals surface area contributed by atoms with Gasteiger partial charge in [0.05, 0.1) is 16.0 Å². The normalized spacial score (nSPS) is 11.5. The van der Waals surface area contributed by atoms with Crippen molar-refractivity contribution in [2.75, 3.05) is 10.8 Å². The molecular weight excluding hydrogens is 394 g/mol. The fourth-order valence-electron chi connectivity index (χ4n) is 2.85. The van der Waals surface area contributed by atoms with Crippen molar-refractivity contribution in [3.05, 3.63) is 72.4 Å². The third-order valence-electron chi connectivity index (χ3n) is 4.18. The summed E-state index contributed by atoms with van der Waals surface area (Å²) < 4.78 is 33.3. The molecule has 4 aromatic rings. The molecule has 28 heavy (non-hydrogen) atoms. The molecule has 0 aliphatic carbocycles. The molecule has 0 radical (unpaired) electrons. The maximum Gasteiger partial charge on any atom is 0.264 e. The first-order valence-electron chi connectivity index (χ1n) is 8.63. The average Bonchev–Trinajstić information content (AvgIpc) is 3.20. The number of nitrogens with zero attached hydrogens (tertiary/aromatic N) is 3. The molecule has 6 nitrogen and oxygen atoms in total. The van der Waals surface area contributed by atoms with E-state index in [4.69, 9.17) is 4.74 Å². The number of hydrogen-bond donors (Lipinski definition) is 0. The van der Waals surface area contributed by atoms with Gasteiger partial charge in [-0.1, -0.05) is 18.2 Å². The summed E-state index contributed by atoms with van der Waals surface area (Å²) in [6.45, 7) is 2.14. The molecule has 4 rings (SSSR count). The Labute approximate surface area is 167 Å². The molecule has 0 unspecified atom stereocenters. The molecule has 0 spiro atoms. The van der Waals surface area contributed by atoms with Gasteiger partial charge in [0, 0.05) is 6.54 Å². The number of rotatable bonds is 6. The minimum absolute atomic E-state index is 0.203. The van der Waals surface area contributed by atoms with E-state index in [1.54, 1.807) is 36.4 Å². The first kappa shape index (κ1) is 18.4. The Bertz CT molecular complexity index is 1190. The summed E-state index contributed by atoms with van der Waals surface area (Å²) in [6, 6.07) is 17.3. The Morgan fingerprint density at radius 2 is 1.75 bits per heavy atom. The maximum absolute atomic E-state index is 13.0. The first-order chi connectivity index (χ1) is 13.6. The highest BCUT2D eigenvalue weighted by atomic mass is 32.2. The Balaban J connectivity index is 1.61. The molecule has 0 saturated carbocycles. The van der Waals surface area contributed by atoms with Crippen molar-refractivity contribution >= 4 is 37.3 Å². The molecule has 142 valence electrons. The lowest BCUT2D eigenvalue weighted by Gasteiger charge is -2.23. The van der Waals surface area contributed by atoms with Crippen LogP contribution in [0.25, 0.3) is 10.2 Å². The van der Waals surface area contributed by atoms with Gasteiger partial charge in [0.2, 0.25) is 5.88 Å². The molecule has 0 amide bonds. The predicted molar refractivity (Wildman–Crippen MR) is 111 cm³/mol. The Morgan fingerprint density at radius 1 is 1.00 bits per heavy atom. The quantitative estimate of drug-likeness (QED) is 0.460. The van der Waals surface area contributed by atoms with Crippen LogP contribution in [0.4, 0.5) is 5.69 Å². The third-order valence-corrected chi connectivity index (χ3v) is 6.92. The standard InChI is InChI=1S/C20H17N3O3S2/c1-2-23(15-6-4-3-5-7-15)28(24,25)17-10-8-16(9-11-17)26-19-18-12-13-27-20(18)22-14-21-19/h3-14H,2H2,1H3. The highest BCUT2D eigenvalue weighted by molar-refractivity contribution is 7.92. The Morgan fingerprint density at radius 3 is 2.46 bits per heavy atom. The highest BCUT2D eigenvalue weighted by Crippen LogP contribution is 2.30. The van der Waals surface area contributed by atoms with E-state index in [0.29, 0.717) is 23.9 Å². The van der Waals surface area contributed by atoms with Crippen molar-refractivity contribution in [2.24, 2.45) is 0 Å². The molecule has 2 aromatic heterocycles. The molecule has 0 aliphatic heterocycles. The van der Waals surface area contributed by atoms with E-state index in [0.717, 1.165) is 10.2 Å². The monoisotopic (exact) mass is 411 g/mol. The first-order valence-corrected chi connectivity index (χ1v) is 11.0. The summed E-state index contributed by atoms with van der Waals surface area (Å²) >= 11 is 1.51. The zero-order valence-corrected chi connectivity index (χ0v) is 16.7. The van der Waals surface area contributed by atoms with E-state index in [9.17, 15) is 8.42 Å². The van der Waals surface area contributed by atoms with E-state index in [1.807, 2.05) is 36.6 Å². The summed E-state index contributed by atoms with van der Waals surface area (Å²) in [6.07, 6.45) is 1.45. The Hall–Kier alpha value is -2.97. The average molecular weight is 412 g/mol. The van der Waals surface area contributed by atoms with Crippen LogP contribution >= 0.6 is 11.3 Å². The van der Waals surface area contributed by atoms with Crippen LogP contribution < -0.4 is 9.04 Å². The Kier molecular flexibility index (Phi) is 4.97. The van der Waals surface area contributed by atoms with Crippen LogP contribution in [0.5, 0.6) is 11.6 Å². The third kappa shape index (κ3) is 3.44. The zero-order valence-electron chi connectivity index (χ0n) is 15.0. The molecule has 0 aliphatic rings. The minimum Gasteiger partial charge on any atom is -0.438 e. The molecule has 2 heterocycles. The van der Waals surface area contributed by atoms with Crippen LogP contribution in [-0.4, -0.2) is 24.9 Å². The summed E-state index contributed by atoms with van der Waals surface area (Å²) in [5.41, 5.74) is 0.631. The topological polar surface area (TPSA) is 72.4 Å². The maximum atomic E-state index is 13.0. The smallest absolute Gasteiger partial charge is 0.264 e. The van der Waals surface area contributed by atoms with Gasteiger partial charge < -0.3 is 4.74 Å². The number of hydrogen-bond acceptors (Lipinski definition) is 6. The SMILES string of the molecule is CCN(c1ccccc1)S(=O)(=O)c1ccc(Oc2ncnc3sccc23)cc1. The van der Waals surface area contributed by atoms with Crippen LogP contribution in [0.15, 0.2) is 77.3 Å². The molecular formula is C20H17N3O3S2. The van der Waals surface area contributed by atoms with Gasteiger partial charge in [0.15, 0.2) is 0 Å². The minimum atomic E-state index is -3.67. The molecule has 0 N–H and O–H groups in total. The second kappa shape index (κ2) is 7.57. The van der Waals surface area contributed by atoms with E-state index in [2.05, 4.69) is 9.97 Å². The lowest BCUT2D eigenvalue weighted by Crippen LogP contribution is -2.30. The lowest BCUT2D eigenvalue weighted by molar-refractivity contribution is 0.468. The lowest BCUT2D eigenvalue weighted by atomic mass is 10.3. The molecule has 0 saturated heterocycles. The summed E-state index contributed by atoms with van der Waals surface area (Å²) in [7, 11) is -3.67. The van der Waals surface area contributed by atoms with Crippen LogP contribution in [0.1, 0.15) is 6.92 Å². The van der Waals surface area contributed by atoms with Gasteiger partial charge in [-0.05, 0) is 54.8 Å². The second-order valence-corrected chi connectivity index (χ2v) is 8.65. The molecule has 2 aromatic carbocycles. The number of para-hydroxylation sites is 1. The van der Waals surface area contributed by atoms with Gasteiger partial charge in [-0.25, -0.2) is 18.4 Å². The van der Waals surface area contributed by atoms with Crippen molar-refractivity contribution in [1.29, 1.82) is 0 Å². The fourth-order valence-corrected chi connectivity index (χ4v) is 5.05. The number of anilines is 1. The van der Waals surface area contributed by atoms with Crippen LogP contribution in [0.3, 0.4) is 0 Å². The van der Waals surface area contributed by atoms with Gasteiger partial charge in [0.25, 0.3) is 10.0 Å². The van der Waals surface area contributed by atoms with E-state index in [-0.39, 0.29) is 4.90 Å². The van der Waals surface area contributed by atoms with Crippen LogP contribution in [0, 0.1) is 0 Å². The van der Waals surface area contributed by atoms with Gasteiger partial charge in [-0.3, -0.25) is 4.31 Å². The number of ether oxygens (including phenoxy) is 1. The summed E-state index contributed by atoms with van der Waals surface area (Å²) in [4.78, 5) is 9.40. The number of benzene rings is 2. The van der Waals surface area contributed by atoms with E-state index in [1.165, 1.54) is 22.0 Å². The van der Waals surface area contributed by atoms with Gasteiger partial charge >= 0.3 is 0 Å². The second-order valence-electron chi connectivity index (χ2n) is 5.90. The van der Waals surface area contributed by atoms with Crippen molar-refractivity contribution < 1.29 is 13.2 Å².